The second-order valence-electron chi connectivity index (χ2n) is 4.64. The lowest BCUT2D eigenvalue weighted by molar-refractivity contribution is -0.140. The van der Waals surface area contributed by atoms with Crippen molar-refractivity contribution >= 4 is 17.2 Å². The highest BCUT2D eigenvalue weighted by Crippen LogP contribution is 2.31. The summed E-state index contributed by atoms with van der Waals surface area (Å²) in [6.07, 6.45) is -0.574. The maximum Gasteiger partial charge on any atom is 0.267 e. The van der Waals surface area contributed by atoms with Gasteiger partial charge in [-0.2, -0.15) is 0 Å². The predicted molar refractivity (Wildman–Crippen MR) is 77.1 cm³/mol. The van der Waals surface area contributed by atoms with Crippen LogP contribution in [0.2, 0.25) is 0 Å². The van der Waals surface area contributed by atoms with E-state index in [-0.39, 0.29) is 12.5 Å². The minimum atomic E-state index is -0.574. The van der Waals surface area contributed by atoms with Crippen molar-refractivity contribution in [2.24, 2.45) is 0 Å². The molecule has 2 heterocycles. The number of fused-ring (bicyclic) bond motifs is 1. The first-order chi connectivity index (χ1) is 9.74. The summed E-state index contributed by atoms with van der Waals surface area (Å²) in [5.41, 5.74) is 0. The zero-order valence-electron chi connectivity index (χ0n) is 11.1. The second kappa shape index (κ2) is 5.54. The molecule has 1 aliphatic rings. The van der Waals surface area contributed by atoms with Crippen molar-refractivity contribution in [3.8, 4) is 11.5 Å². The Kier molecular flexibility index (Phi) is 3.60. The Bertz CT molecular complexity index is 597. The van der Waals surface area contributed by atoms with E-state index in [0.717, 1.165) is 4.88 Å². The van der Waals surface area contributed by atoms with Gasteiger partial charge < -0.3 is 14.4 Å². The molecule has 3 rings (SSSR count). The summed E-state index contributed by atoms with van der Waals surface area (Å²) < 4.78 is 11.3. The van der Waals surface area contributed by atoms with E-state index in [2.05, 4.69) is 0 Å². The molecule has 2 aromatic rings. The number of para-hydroxylation sites is 2. The molecule has 0 fully saturated rings. The molecule has 5 heteroatoms. The quantitative estimate of drug-likeness (QED) is 0.871. The summed E-state index contributed by atoms with van der Waals surface area (Å²) in [7, 11) is 1.78. The number of nitrogens with zero attached hydrogens (tertiary/aromatic N) is 1. The lowest BCUT2D eigenvalue weighted by atomic mass is 10.2. The molecule has 1 aromatic carbocycles. The van der Waals surface area contributed by atoms with E-state index in [1.54, 1.807) is 23.3 Å². The lowest BCUT2D eigenvalue weighted by Gasteiger charge is -2.28. The molecule has 1 aliphatic heterocycles. The molecule has 0 spiro atoms. The largest absolute Gasteiger partial charge is 0.485 e. The Hall–Kier alpha value is -2.01. The molecule has 0 unspecified atom stereocenters. The predicted octanol–water partition coefficient (Wildman–Crippen LogP) is 2.55. The number of amides is 1. The van der Waals surface area contributed by atoms with E-state index in [1.165, 1.54) is 0 Å². The van der Waals surface area contributed by atoms with E-state index >= 15 is 0 Å². The van der Waals surface area contributed by atoms with Gasteiger partial charge in [0.15, 0.2) is 11.5 Å². The van der Waals surface area contributed by atoms with E-state index in [1.807, 2.05) is 41.8 Å². The zero-order valence-corrected chi connectivity index (χ0v) is 11.9. The van der Waals surface area contributed by atoms with Crippen LogP contribution in [0.15, 0.2) is 41.8 Å². The summed E-state index contributed by atoms with van der Waals surface area (Å²) in [5.74, 6) is 1.26. The number of carbonyl (C=O) groups is 1. The maximum atomic E-state index is 12.4. The van der Waals surface area contributed by atoms with Crippen LogP contribution < -0.4 is 9.47 Å². The van der Waals surface area contributed by atoms with Gasteiger partial charge in [0.1, 0.15) is 6.61 Å². The fourth-order valence-electron chi connectivity index (χ4n) is 2.10. The topological polar surface area (TPSA) is 38.8 Å². The summed E-state index contributed by atoms with van der Waals surface area (Å²) >= 11 is 1.64. The van der Waals surface area contributed by atoms with Crippen LogP contribution in [0.25, 0.3) is 0 Å². The van der Waals surface area contributed by atoms with Crippen LogP contribution in [0, 0.1) is 0 Å². The molecule has 0 saturated carbocycles. The Labute approximate surface area is 121 Å². The van der Waals surface area contributed by atoms with Crippen molar-refractivity contribution in [3.05, 3.63) is 46.7 Å². The highest BCUT2D eigenvalue weighted by atomic mass is 32.1. The summed E-state index contributed by atoms with van der Waals surface area (Å²) in [6.45, 7) is 0.850. The van der Waals surface area contributed by atoms with Gasteiger partial charge in [-0.15, -0.1) is 11.3 Å². The van der Waals surface area contributed by atoms with Crippen LogP contribution in [0.5, 0.6) is 11.5 Å². The molecule has 104 valence electrons. The number of carbonyl (C=O) groups excluding carboxylic acids is 1. The third-order valence-corrected chi connectivity index (χ3v) is 3.99. The molecular formula is C15H15NO3S. The standard InChI is InChI=1S/C15H15NO3S/c1-16(9-11-5-4-8-20-11)15(17)14-10-18-12-6-2-3-7-13(12)19-14/h2-8,14H,9-10H2,1H3/t14-/m0/s1. The smallest absolute Gasteiger partial charge is 0.267 e. The lowest BCUT2D eigenvalue weighted by Crippen LogP contribution is -2.44. The second-order valence-corrected chi connectivity index (χ2v) is 5.67. The Morgan fingerprint density at radius 2 is 2.10 bits per heavy atom. The first kappa shape index (κ1) is 13.0. The van der Waals surface area contributed by atoms with Crippen molar-refractivity contribution in [1.82, 2.24) is 4.90 Å². The molecule has 0 bridgehead atoms. The summed E-state index contributed by atoms with van der Waals surface area (Å²) in [6, 6.07) is 11.4. The zero-order chi connectivity index (χ0) is 13.9. The number of ether oxygens (including phenoxy) is 2. The van der Waals surface area contributed by atoms with E-state index in [0.29, 0.717) is 18.0 Å². The normalized spacial score (nSPS) is 16.8. The molecule has 0 aliphatic carbocycles. The van der Waals surface area contributed by atoms with Crippen molar-refractivity contribution in [2.75, 3.05) is 13.7 Å². The average molecular weight is 289 g/mol. The minimum absolute atomic E-state index is 0.0621. The molecule has 0 N–H and O–H groups in total. The average Bonchev–Trinajstić information content (AvgIpc) is 2.99. The fourth-order valence-corrected chi connectivity index (χ4v) is 2.86. The molecule has 0 saturated heterocycles. The van der Waals surface area contributed by atoms with Crippen LogP contribution in [0.4, 0.5) is 0 Å². The van der Waals surface area contributed by atoms with Gasteiger partial charge in [0.05, 0.1) is 6.54 Å². The highest BCUT2D eigenvalue weighted by Gasteiger charge is 2.29. The van der Waals surface area contributed by atoms with Crippen molar-refractivity contribution < 1.29 is 14.3 Å². The number of hydrogen-bond donors (Lipinski definition) is 0. The summed E-state index contributed by atoms with van der Waals surface area (Å²) in [5, 5.41) is 2.00. The number of rotatable bonds is 3. The van der Waals surface area contributed by atoms with Gasteiger partial charge in [0.2, 0.25) is 6.10 Å². The molecule has 1 aromatic heterocycles. The van der Waals surface area contributed by atoms with E-state index < -0.39 is 6.10 Å². The Balaban J connectivity index is 1.66. The number of benzene rings is 1. The van der Waals surface area contributed by atoms with Crippen molar-refractivity contribution in [2.45, 2.75) is 12.6 Å². The SMILES string of the molecule is CN(Cc1cccs1)C(=O)[C@@H]1COc2ccccc2O1. The third-order valence-electron chi connectivity index (χ3n) is 3.13. The first-order valence-corrected chi connectivity index (χ1v) is 7.28. The van der Waals surface area contributed by atoms with E-state index in [4.69, 9.17) is 9.47 Å². The molecule has 0 radical (unpaired) electrons. The van der Waals surface area contributed by atoms with Crippen LogP contribution in [0.1, 0.15) is 4.88 Å². The third kappa shape index (κ3) is 2.63. The van der Waals surface area contributed by atoms with Gasteiger partial charge in [-0.1, -0.05) is 18.2 Å². The van der Waals surface area contributed by atoms with Crippen molar-refractivity contribution in [1.29, 1.82) is 0 Å². The van der Waals surface area contributed by atoms with Crippen LogP contribution >= 0.6 is 11.3 Å². The minimum Gasteiger partial charge on any atom is -0.485 e. The van der Waals surface area contributed by atoms with Gasteiger partial charge in [-0.25, -0.2) is 0 Å². The number of thiophene rings is 1. The van der Waals surface area contributed by atoms with Gasteiger partial charge in [0, 0.05) is 11.9 Å². The van der Waals surface area contributed by atoms with Crippen LogP contribution in [-0.2, 0) is 11.3 Å². The Morgan fingerprint density at radius 1 is 1.30 bits per heavy atom. The van der Waals surface area contributed by atoms with Gasteiger partial charge >= 0.3 is 0 Å². The highest BCUT2D eigenvalue weighted by molar-refractivity contribution is 7.09. The molecular weight excluding hydrogens is 274 g/mol. The number of hydrogen-bond acceptors (Lipinski definition) is 4. The van der Waals surface area contributed by atoms with Gasteiger partial charge in [0.25, 0.3) is 5.91 Å². The molecule has 4 nitrogen and oxygen atoms in total. The van der Waals surface area contributed by atoms with Gasteiger partial charge in [-0.3, -0.25) is 4.79 Å². The summed E-state index contributed by atoms with van der Waals surface area (Å²) in [4.78, 5) is 15.2. The van der Waals surface area contributed by atoms with Crippen molar-refractivity contribution in [3.63, 3.8) is 0 Å². The maximum absolute atomic E-state index is 12.4. The van der Waals surface area contributed by atoms with Gasteiger partial charge in [-0.05, 0) is 23.6 Å². The van der Waals surface area contributed by atoms with E-state index in [9.17, 15) is 4.79 Å². The van der Waals surface area contributed by atoms with Crippen LogP contribution in [-0.4, -0.2) is 30.6 Å². The first-order valence-electron chi connectivity index (χ1n) is 6.40. The Morgan fingerprint density at radius 3 is 2.85 bits per heavy atom. The monoisotopic (exact) mass is 289 g/mol. The molecule has 20 heavy (non-hydrogen) atoms. The molecule has 1 amide bonds. The number of likely N-dealkylation sites (N-methyl/N-ethyl adjacent to an activating group) is 1. The molecule has 1 atom stereocenters. The van der Waals surface area contributed by atoms with Crippen LogP contribution in [0.3, 0.4) is 0 Å². The fraction of sp³-hybridized carbons (Fsp3) is 0.267.